The van der Waals surface area contributed by atoms with Crippen LogP contribution >= 0.6 is 0 Å². The Hall–Kier alpha value is -1.53. The van der Waals surface area contributed by atoms with E-state index in [1.165, 1.54) is 0 Å². The van der Waals surface area contributed by atoms with E-state index in [2.05, 4.69) is 22.2 Å². The number of carbonyl (C=O) groups excluding carboxylic acids is 1. The number of amides is 1. The van der Waals surface area contributed by atoms with Gasteiger partial charge in [-0.2, -0.15) is 0 Å². The largest absolute Gasteiger partial charge is 0.391 e. The summed E-state index contributed by atoms with van der Waals surface area (Å²) in [5.74, 6) is 0.547. The number of aliphatic hydroxyl groups excluding tert-OH is 1. The number of carbonyl (C=O) groups is 1. The predicted molar refractivity (Wildman–Crippen MR) is 77.3 cm³/mol. The third-order valence-electron chi connectivity index (χ3n) is 4.83. The zero-order valence-corrected chi connectivity index (χ0v) is 12.7. The Morgan fingerprint density at radius 2 is 2.10 bits per heavy atom. The van der Waals surface area contributed by atoms with Gasteiger partial charge in [-0.05, 0) is 39.7 Å². The van der Waals surface area contributed by atoms with Crippen LogP contribution in [0.1, 0.15) is 45.5 Å². The van der Waals surface area contributed by atoms with Crippen molar-refractivity contribution in [1.29, 1.82) is 0 Å². The molecule has 5 atom stereocenters. The van der Waals surface area contributed by atoms with Crippen molar-refractivity contribution in [3.8, 4) is 0 Å². The van der Waals surface area contributed by atoms with Crippen molar-refractivity contribution in [2.24, 2.45) is 0 Å². The lowest BCUT2D eigenvalue weighted by Crippen LogP contribution is -2.78. The van der Waals surface area contributed by atoms with E-state index in [1.54, 1.807) is 30.3 Å². The molecule has 2 N–H and O–H groups in total. The van der Waals surface area contributed by atoms with Crippen molar-refractivity contribution in [3.05, 3.63) is 24.3 Å². The number of aliphatic hydroxyl groups is 1. The van der Waals surface area contributed by atoms with E-state index in [0.717, 1.165) is 12.8 Å². The van der Waals surface area contributed by atoms with Crippen molar-refractivity contribution < 1.29 is 9.90 Å². The summed E-state index contributed by atoms with van der Waals surface area (Å²) < 4.78 is 0. The summed E-state index contributed by atoms with van der Waals surface area (Å²) in [6.07, 6.45) is 4.42. The summed E-state index contributed by atoms with van der Waals surface area (Å²) >= 11 is 0. The van der Waals surface area contributed by atoms with Gasteiger partial charge in [-0.3, -0.25) is 10.1 Å². The molecule has 6 nitrogen and oxygen atoms in total. The van der Waals surface area contributed by atoms with Crippen LogP contribution in [0.4, 0.5) is 0 Å². The Morgan fingerprint density at radius 1 is 1.43 bits per heavy atom. The average molecular weight is 290 g/mol. The molecule has 0 aliphatic carbocycles. The van der Waals surface area contributed by atoms with E-state index >= 15 is 0 Å². The maximum Gasteiger partial charge on any atom is 0.246 e. The highest BCUT2D eigenvalue weighted by molar-refractivity contribution is 5.95. The van der Waals surface area contributed by atoms with Gasteiger partial charge in [-0.25, -0.2) is 9.97 Å². The first-order chi connectivity index (χ1) is 9.97. The third-order valence-corrected chi connectivity index (χ3v) is 4.83. The van der Waals surface area contributed by atoms with Gasteiger partial charge in [0, 0.05) is 18.4 Å². The lowest BCUT2D eigenvalue weighted by Gasteiger charge is -2.56. The Morgan fingerprint density at radius 3 is 2.57 bits per heavy atom. The molecule has 3 rings (SSSR count). The van der Waals surface area contributed by atoms with E-state index in [4.69, 9.17) is 0 Å². The van der Waals surface area contributed by atoms with Crippen LogP contribution in [0.5, 0.6) is 0 Å². The van der Waals surface area contributed by atoms with Crippen LogP contribution in [0, 0.1) is 0 Å². The molecule has 1 amide bonds. The minimum Gasteiger partial charge on any atom is -0.391 e. The Bertz CT molecular complexity index is 536. The van der Waals surface area contributed by atoms with Crippen molar-refractivity contribution in [1.82, 2.24) is 20.2 Å². The zero-order chi connectivity index (χ0) is 15.2. The van der Waals surface area contributed by atoms with Crippen LogP contribution < -0.4 is 5.32 Å². The monoisotopic (exact) mass is 290 g/mol. The molecule has 1 aromatic heterocycles. The molecular weight excluding hydrogens is 268 g/mol. The smallest absolute Gasteiger partial charge is 0.246 e. The first kappa shape index (κ1) is 14.4. The van der Waals surface area contributed by atoms with E-state index in [0.29, 0.717) is 11.9 Å². The molecular formula is C15H22N4O2. The first-order valence-corrected chi connectivity index (χ1v) is 7.53. The van der Waals surface area contributed by atoms with Gasteiger partial charge in [0.05, 0.1) is 12.1 Å². The highest BCUT2D eigenvalue weighted by Crippen LogP contribution is 2.44. The fourth-order valence-corrected chi connectivity index (χ4v) is 3.69. The fourth-order valence-electron chi connectivity index (χ4n) is 3.69. The van der Waals surface area contributed by atoms with Gasteiger partial charge >= 0.3 is 0 Å². The summed E-state index contributed by atoms with van der Waals surface area (Å²) in [6.45, 7) is 5.81. The molecule has 0 aromatic carbocycles. The van der Waals surface area contributed by atoms with Crippen LogP contribution in [0.2, 0.25) is 0 Å². The van der Waals surface area contributed by atoms with Gasteiger partial charge in [-0.15, -0.1) is 0 Å². The molecule has 6 heteroatoms. The fraction of sp³-hybridized carbons (Fsp3) is 0.667. The lowest BCUT2D eigenvalue weighted by molar-refractivity contribution is -0.171. The molecule has 0 saturated carbocycles. The molecule has 21 heavy (non-hydrogen) atoms. The van der Waals surface area contributed by atoms with Gasteiger partial charge in [-0.1, -0.05) is 0 Å². The second-order valence-electron chi connectivity index (χ2n) is 6.24. The molecule has 2 fully saturated rings. The minimum absolute atomic E-state index is 0.0263. The molecule has 114 valence electrons. The van der Waals surface area contributed by atoms with Crippen LogP contribution in [0.25, 0.3) is 0 Å². The molecule has 2 aliphatic heterocycles. The Kier molecular flexibility index (Phi) is 3.45. The summed E-state index contributed by atoms with van der Waals surface area (Å²) in [7, 11) is 0. The van der Waals surface area contributed by atoms with E-state index in [1.807, 2.05) is 6.92 Å². The molecule has 2 aliphatic rings. The number of aromatic nitrogens is 2. The van der Waals surface area contributed by atoms with E-state index in [9.17, 15) is 9.90 Å². The van der Waals surface area contributed by atoms with Gasteiger partial charge < -0.3 is 10.0 Å². The molecule has 1 aromatic rings. The van der Waals surface area contributed by atoms with E-state index < -0.39 is 17.7 Å². The zero-order valence-electron chi connectivity index (χ0n) is 12.7. The number of hydrogen-bond donors (Lipinski definition) is 2. The molecule has 2 saturated heterocycles. The summed E-state index contributed by atoms with van der Waals surface area (Å²) in [5.41, 5.74) is -0.457. The number of rotatable bonds is 3. The number of β-lactam (4-membered cyclic amide) rings is 1. The van der Waals surface area contributed by atoms with Crippen molar-refractivity contribution >= 4 is 5.91 Å². The van der Waals surface area contributed by atoms with Crippen molar-refractivity contribution in [2.75, 3.05) is 0 Å². The van der Waals surface area contributed by atoms with E-state index in [-0.39, 0.29) is 11.9 Å². The Balaban J connectivity index is 1.88. The van der Waals surface area contributed by atoms with Gasteiger partial charge in [0.15, 0.2) is 5.82 Å². The maximum atomic E-state index is 12.8. The Labute approximate surface area is 124 Å². The predicted octanol–water partition coefficient (Wildman–Crippen LogP) is 0.640. The first-order valence-electron chi connectivity index (χ1n) is 7.53. The van der Waals surface area contributed by atoms with Gasteiger partial charge in [0.25, 0.3) is 0 Å². The topological polar surface area (TPSA) is 78.4 Å². The van der Waals surface area contributed by atoms with Gasteiger partial charge in [0.2, 0.25) is 5.91 Å². The second-order valence-corrected chi connectivity index (χ2v) is 6.24. The minimum atomic E-state index is -0.713. The lowest BCUT2D eigenvalue weighted by atomic mass is 9.76. The normalized spacial score (nSPS) is 34.9. The SMILES string of the molecule is CC1CCC2(N1)C(=O)N(C(c1ncccn1)C(C)O)C2C. The summed E-state index contributed by atoms with van der Waals surface area (Å²) in [6, 6.07) is 1.62. The van der Waals surface area contributed by atoms with Crippen LogP contribution in [-0.2, 0) is 4.79 Å². The summed E-state index contributed by atoms with van der Waals surface area (Å²) in [5, 5.41) is 13.6. The third kappa shape index (κ3) is 2.05. The highest BCUT2D eigenvalue weighted by Gasteiger charge is 2.63. The molecule has 5 unspecified atom stereocenters. The quantitative estimate of drug-likeness (QED) is 0.799. The average Bonchev–Trinajstić information content (AvgIpc) is 2.89. The molecule has 1 spiro atoms. The van der Waals surface area contributed by atoms with Crippen LogP contribution in [-0.4, -0.2) is 49.6 Å². The molecule has 3 heterocycles. The number of nitrogens with one attached hydrogen (secondary N) is 1. The van der Waals surface area contributed by atoms with Crippen molar-refractivity contribution in [2.45, 2.75) is 63.4 Å². The van der Waals surface area contributed by atoms with Gasteiger partial charge in [0.1, 0.15) is 11.6 Å². The molecule has 0 bridgehead atoms. The molecule has 0 radical (unpaired) electrons. The number of hydrogen-bond acceptors (Lipinski definition) is 5. The maximum absolute atomic E-state index is 12.8. The van der Waals surface area contributed by atoms with Crippen molar-refractivity contribution in [3.63, 3.8) is 0 Å². The summed E-state index contributed by atoms with van der Waals surface area (Å²) in [4.78, 5) is 22.9. The number of likely N-dealkylation sites (tertiary alicyclic amines) is 1. The van der Waals surface area contributed by atoms with Crippen LogP contribution in [0.3, 0.4) is 0 Å². The standard InChI is InChI=1S/C15H22N4O2/c1-9-5-6-15(18-9)11(3)19(14(15)21)12(10(2)20)13-16-7-4-8-17-13/h4,7-12,18,20H,5-6H2,1-3H3. The van der Waals surface area contributed by atoms with Crippen LogP contribution in [0.15, 0.2) is 18.5 Å². The second kappa shape index (κ2) is 5.03. The highest BCUT2D eigenvalue weighted by atomic mass is 16.3. The number of nitrogens with zero attached hydrogens (tertiary/aromatic N) is 3.